The summed E-state index contributed by atoms with van der Waals surface area (Å²) >= 11 is 0. The molecule has 0 aliphatic carbocycles. The van der Waals surface area contributed by atoms with Gasteiger partial charge in [-0.15, -0.1) is 0 Å². The molecule has 162 valence electrons. The van der Waals surface area contributed by atoms with E-state index in [-0.39, 0.29) is 6.09 Å². The zero-order valence-electron chi connectivity index (χ0n) is 18.3. The largest absolute Gasteiger partial charge is 0.444 e. The molecule has 4 nitrogen and oxygen atoms in total. The van der Waals surface area contributed by atoms with E-state index in [1.807, 2.05) is 57.2 Å². The minimum Gasteiger partial charge on any atom is -0.444 e. The average Bonchev–Trinajstić information content (AvgIpc) is 2.68. The third kappa shape index (κ3) is 6.84. The summed E-state index contributed by atoms with van der Waals surface area (Å²) < 4.78 is 21.2. The fourth-order valence-corrected chi connectivity index (χ4v) is 3.83. The van der Waals surface area contributed by atoms with Crippen LogP contribution >= 0.6 is 0 Å². The molecule has 0 spiro atoms. The van der Waals surface area contributed by atoms with E-state index in [2.05, 4.69) is 29.2 Å². The summed E-state index contributed by atoms with van der Waals surface area (Å²) in [4.78, 5) is 16.1. The van der Waals surface area contributed by atoms with Gasteiger partial charge in [-0.25, -0.2) is 9.18 Å². The number of carbonyl (C=O) groups excluding carboxylic acids is 1. The van der Waals surface area contributed by atoms with Crippen LogP contribution in [-0.4, -0.2) is 46.8 Å². The van der Waals surface area contributed by atoms with Gasteiger partial charge in [-0.05, 0) is 31.9 Å². The van der Waals surface area contributed by atoms with Crippen molar-refractivity contribution in [3.05, 3.63) is 71.8 Å². The summed E-state index contributed by atoms with van der Waals surface area (Å²) in [6.45, 7) is 8.04. The van der Waals surface area contributed by atoms with Crippen LogP contribution in [0.5, 0.6) is 0 Å². The molecule has 1 saturated heterocycles. The predicted molar refractivity (Wildman–Crippen MR) is 118 cm³/mol. The van der Waals surface area contributed by atoms with Gasteiger partial charge in [-0.2, -0.15) is 0 Å². The number of alkyl halides is 1. The molecule has 0 saturated carbocycles. The van der Waals surface area contributed by atoms with E-state index in [0.29, 0.717) is 45.6 Å². The van der Waals surface area contributed by atoms with Crippen molar-refractivity contribution in [3.8, 4) is 0 Å². The number of hydrogen-bond acceptors (Lipinski definition) is 3. The fraction of sp³-hybridized carbons (Fsp3) is 0.480. The second-order valence-electron chi connectivity index (χ2n) is 9.23. The number of halogens is 1. The number of benzene rings is 2. The number of amides is 1. The van der Waals surface area contributed by atoms with Gasteiger partial charge in [-0.1, -0.05) is 60.7 Å². The highest BCUT2D eigenvalue weighted by atomic mass is 19.1. The van der Waals surface area contributed by atoms with Crippen molar-refractivity contribution in [2.75, 3.05) is 19.6 Å². The van der Waals surface area contributed by atoms with Crippen LogP contribution in [0.25, 0.3) is 0 Å². The smallest absolute Gasteiger partial charge is 0.410 e. The lowest BCUT2D eigenvalue weighted by molar-refractivity contribution is -0.00760. The Morgan fingerprint density at radius 1 is 0.967 bits per heavy atom. The molecule has 1 aliphatic heterocycles. The van der Waals surface area contributed by atoms with Crippen molar-refractivity contribution in [2.24, 2.45) is 0 Å². The van der Waals surface area contributed by atoms with Crippen molar-refractivity contribution in [2.45, 2.75) is 58.0 Å². The molecule has 2 aromatic rings. The summed E-state index contributed by atoms with van der Waals surface area (Å²) in [5.74, 6) is 0. The molecule has 1 amide bonds. The summed E-state index contributed by atoms with van der Waals surface area (Å²) in [6.07, 6.45) is 0.300. The molecule has 3 rings (SSSR count). The lowest BCUT2D eigenvalue weighted by atomic mass is 9.92. The van der Waals surface area contributed by atoms with Crippen LogP contribution < -0.4 is 0 Å². The minimum absolute atomic E-state index is 0.326. The van der Waals surface area contributed by atoms with Crippen molar-refractivity contribution >= 4 is 6.09 Å². The highest BCUT2D eigenvalue weighted by Gasteiger charge is 2.38. The van der Waals surface area contributed by atoms with Gasteiger partial charge in [0.05, 0.1) is 0 Å². The first-order valence-corrected chi connectivity index (χ1v) is 10.7. The Bertz CT molecular complexity index is 755. The van der Waals surface area contributed by atoms with Crippen LogP contribution in [0.15, 0.2) is 60.7 Å². The number of carbonyl (C=O) groups is 1. The normalized spacial score (nSPS) is 16.5. The van der Waals surface area contributed by atoms with Crippen LogP contribution in [0, 0.1) is 0 Å². The molecular weight excluding hydrogens is 379 g/mol. The van der Waals surface area contributed by atoms with Gasteiger partial charge in [0.25, 0.3) is 0 Å². The molecule has 5 heteroatoms. The first-order chi connectivity index (χ1) is 14.2. The van der Waals surface area contributed by atoms with Crippen LogP contribution in [0.4, 0.5) is 9.18 Å². The maximum Gasteiger partial charge on any atom is 0.410 e. The highest BCUT2D eigenvalue weighted by Crippen LogP contribution is 2.29. The summed E-state index contributed by atoms with van der Waals surface area (Å²) in [7, 11) is 0. The highest BCUT2D eigenvalue weighted by molar-refractivity contribution is 5.68. The van der Waals surface area contributed by atoms with Gasteiger partial charge in [0.1, 0.15) is 11.3 Å². The van der Waals surface area contributed by atoms with Crippen LogP contribution in [0.2, 0.25) is 0 Å². The summed E-state index contributed by atoms with van der Waals surface area (Å²) in [6, 6.07) is 20.4. The van der Waals surface area contributed by atoms with E-state index in [4.69, 9.17) is 4.74 Å². The Balaban J connectivity index is 1.64. The molecule has 1 aliphatic rings. The van der Waals surface area contributed by atoms with Crippen molar-refractivity contribution in [1.29, 1.82) is 0 Å². The Hall–Kier alpha value is -2.40. The van der Waals surface area contributed by atoms with E-state index in [1.54, 1.807) is 4.90 Å². The second kappa shape index (κ2) is 9.61. The number of rotatable bonds is 6. The second-order valence-corrected chi connectivity index (χ2v) is 9.23. The summed E-state index contributed by atoms with van der Waals surface area (Å²) in [5, 5.41) is 0. The topological polar surface area (TPSA) is 32.8 Å². The van der Waals surface area contributed by atoms with Gasteiger partial charge in [0, 0.05) is 45.6 Å². The minimum atomic E-state index is -1.32. The third-order valence-electron chi connectivity index (χ3n) is 5.32. The maximum absolute atomic E-state index is 15.8. The Kier molecular flexibility index (Phi) is 7.14. The molecule has 0 aromatic heterocycles. The zero-order valence-corrected chi connectivity index (χ0v) is 18.3. The monoisotopic (exact) mass is 412 g/mol. The fourth-order valence-electron chi connectivity index (χ4n) is 3.83. The quantitative estimate of drug-likeness (QED) is 0.634. The number of nitrogens with zero attached hydrogens (tertiary/aromatic N) is 2. The molecule has 0 radical (unpaired) electrons. The lowest BCUT2D eigenvalue weighted by Crippen LogP contribution is -2.50. The van der Waals surface area contributed by atoms with Gasteiger partial charge >= 0.3 is 6.09 Å². The zero-order chi connectivity index (χ0) is 21.6. The number of likely N-dealkylation sites (tertiary alicyclic amines) is 1. The van der Waals surface area contributed by atoms with Gasteiger partial charge in [0.15, 0.2) is 0 Å². The molecule has 0 N–H and O–H groups in total. The van der Waals surface area contributed by atoms with Crippen molar-refractivity contribution in [1.82, 2.24) is 9.80 Å². The number of hydrogen-bond donors (Lipinski definition) is 0. The molecule has 0 atom stereocenters. The molecule has 2 aromatic carbocycles. The average molecular weight is 413 g/mol. The SMILES string of the molecule is CC(C)(C)OC(=O)N1CCC(F)(CN(Cc2ccccc2)Cc2ccccc2)CC1. The van der Waals surface area contributed by atoms with E-state index in [9.17, 15) is 4.79 Å². The van der Waals surface area contributed by atoms with Crippen molar-refractivity contribution in [3.63, 3.8) is 0 Å². The molecule has 0 bridgehead atoms. The summed E-state index contributed by atoms with van der Waals surface area (Å²) in [5.41, 5.74) is 0.484. The molecule has 1 heterocycles. The van der Waals surface area contributed by atoms with Gasteiger partial charge < -0.3 is 9.64 Å². The number of ether oxygens (including phenoxy) is 1. The lowest BCUT2D eigenvalue weighted by Gasteiger charge is -2.39. The van der Waals surface area contributed by atoms with Gasteiger partial charge in [0.2, 0.25) is 0 Å². The van der Waals surface area contributed by atoms with E-state index in [1.165, 1.54) is 11.1 Å². The maximum atomic E-state index is 15.8. The molecular formula is C25H33FN2O2. The molecule has 1 fully saturated rings. The molecule has 30 heavy (non-hydrogen) atoms. The first-order valence-electron chi connectivity index (χ1n) is 10.7. The first kappa shape index (κ1) is 22.3. The standard InChI is InChI=1S/C25H33FN2O2/c1-24(2,3)30-23(29)28-16-14-25(26,15-17-28)20-27(18-21-10-6-4-7-11-21)19-22-12-8-5-9-13-22/h4-13H,14-20H2,1-3H3. The van der Waals surface area contributed by atoms with Crippen LogP contribution in [0.1, 0.15) is 44.7 Å². The van der Waals surface area contributed by atoms with Gasteiger partial charge in [-0.3, -0.25) is 4.90 Å². The predicted octanol–water partition coefficient (Wildman–Crippen LogP) is 5.43. The van der Waals surface area contributed by atoms with Crippen LogP contribution in [0.3, 0.4) is 0 Å². The van der Waals surface area contributed by atoms with E-state index in [0.717, 1.165) is 0 Å². The Morgan fingerprint density at radius 3 is 1.87 bits per heavy atom. The third-order valence-corrected chi connectivity index (χ3v) is 5.32. The molecule has 0 unspecified atom stereocenters. The van der Waals surface area contributed by atoms with Crippen LogP contribution in [-0.2, 0) is 17.8 Å². The Labute approximate surface area is 179 Å². The van der Waals surface area contributed by atoms with Crippen molar-refractivity contribution < 1.29 is 13.9 Å². The Morgan fingerprint density at radius 2 is 1.43 bits per heavy atom. The van der Waals surface area contributed by atoms with E-state index >= 15 is 4.39 Å². The van der Waals surface area contributed by atoms with E-state index < -0.39 is 11.3 Å². The number of piperidine rings is 1.